The fraction of sp³-hybridized carbons (Fsp3) is 0.692. The van der Waals surface area contributed by atoms with Gasteiger partial charge in [0, 0.05) is 0 Å². The Morgan fingerprint density at radius 1 is 1.12 bits per heavy atom. The minimum atomic E-state index is -0.759. The molecule has 1 heterocycles. The molecule has 0 saturated carbocycles. The monoisotopic (exact) mass is 310 g/mol. The van der Waals surface area contributed by atoms with Crippen LogP contribution in [-0.2, 0) is 17.9 Å². The standard InChI is InChI=1S/C11H18N.C2H4.2ClH.Ti/c1-6-12-11(5)7-8(2)9(3)10(11)4;1-2;;;/h12H,6H2,1-5H3;1-2H2;2*1H;/q;;;;+2/p-2. The van der Waals surface area contributed by atoms with Gasteiger partial charge in [-0.3, -0.25) is 0 Å². The average Bonchev–Trinajstić information content (AvgIpc) is 2.97. The molecule has 17 heavy (non-hydrogen) atoms. The zero-order valence-electron chi connectivity index (χ0n) is 11.4. The van der Waals surface area contributed by atoms with E-state index in [4.69, 9.17) is 0 Å². The Kier molecular flexibility index (Phi) is 6.53. The molecule has 97 valence electrons. The molecule has 0 amide bonds. The van der Waals surface area contributed by atoms with Gasteiger partial charge in [0.2, 0.25) is 0 Å². The van der Waals surface area contributed by atoms with Crippen LogP contribution < -0.4 is 30.1 Å². The van der Waals surface area contributed by atoms with E-state index in [2.05, 4.69) is 39.9 Å². The van der Waals surface area contributed by atoms with E-state index >= 15 is 0 Å². The predicted molar refractivity (Wildman–Crippen MR) is 62.8 cm³/mol. The summed E-state index contributed by atoms with van der Waals surface area (Å²) in [7, 11) is 0. The van der Waals surface area contributed by atoms with E-state index in [1.54, 1.807) is 26.2 Å². The summed E-state index contributed by atoms with van der Waals surface area (Å²) in [5.41, 5.74) is 4.99. The molecule has 4 heteroatoms. The van der Waals surface area contributed by atoms with E-state index in [9.17, 15) is 0 Å². The summed E-state index contributed by atoms with van der Waals surface area (Å²) in [6.45, 7) is 12.7. The number of hydrogen-bond donors (Lipinski definition) is 1. The van der Waals surface area contributed by atoms with E-state index in [0.717, 1.165) is 6.54 Å². The molecule has 0 aromatic rings. The number of nitrogens with one attached hydrogen (secondary N) is 1. The summed E-state index contributed by atoms with van der Waals surface area (Å²) in [6.07, 6.45) is 0. The SMILES string of the molecule is CCNC1(C)C(C)=C(C)C(C)=[C]1[Ti+2]1[CH2][CH2]1.[Cl-].[Cl-]. The fourth-order valence-corrected chi connectivity index (χ4v) is 7.35. The maximum atomic E-state index is 3.73. The number of likely N-dealkylation sites (N-methyl/N-ethyl adjacent to an activating group) is 1. The molecule has 1 saturated heterocycles. The van der Waals surface area contributed by atoms with E-state index < -0.39 is 17.9 Å². The van der Waals surface area contributed by atoms with Crippen molar-refractivity contribution < 1.29 is 42.7 Å². The van der Waals surface area contributed by atoms with Gasteiger partial charge in [-0.1, -0.05) is 0 Å². The minimum absolute atomic E-state index is 0. The summed E-state index contributed by atoms with van der Waals surface area (Å²) >= 11 is -0.759. The molecule has 0 aromatic carbocycles. The van der Waals surface area contributed by atoms with E-state index in [-0.39, 0.29) is 30.4 Å². The predicted octanol–water partition coefficient (Wildman–Crippen LogP) is -2.54. The number of rotatable bonds is 3. The molecule has 1 N–H and O–H groups in total. The summed E-state index contributed by atoms with van der Waals surface area (Å²) in [4.78, 5) is 0. The van der Waals surface area contributed by atoms with Crippen LogP contribution in [0, 0.1) is 0 Å². The molecule has 1 unspecified atom stereocenters. The molecule has 0 radical (unpaired) electrons. The first-order valence-electron chi connectivity index (χ1n) is 6.02. The molecule has 1 aliphatic heterocycles. The van der Waals surface area contributed by atoms with E-state index in [1.807, 2.05) is 3.88 Å². The van der Waals surface area contributed by atoms with Crippen molar-refractivity contribution >= 4 is 0 Å². The van der Waals surface area contributed by atoms with Crippen LogP contribution in [0.1, 0.15) is 34.6 Å². The Morgan fingerprint density at radius 3 is 2.06 bits per heavy atom. The Hall–Kier alpha value is 0.734. The molecule has 0 spiro atoms. The van der Waals surface area contributed by atoms with Crippen LogP contribution in [0.2, 0.25) is 9.45 Å². The number of allylic oxidation sites excluding steroid dienone is 2. The van der Waals surface area contributed by atoms with Crippen LogP contribution >= 0.6 is 0 Å². The second kappa shape index (κ2) is 6.26. The van der Waals surface area contributed by atoms with Gasteiger partial charge < -0.3 is 24.8 Å². The first-order chi connectivity index (χ1) is 7.02. The summed E-state index contributed by atoms with van der Waals surface area (Å²) < 4.78 is 4.97. The van der Waals surface area contributed by atoms with Gasteiger partial charge in [0.15, 0.2) is 0 Å². The Morgan fingerprint density at radius 2 is 1.65 bits per heavy atom. The van der Waals surface area contributed by atoms with Crippen molar-refractivity contribution in [3.63, 3.8) is 0 Å². The summed E-state index contributed by atoms with van der Waals surface area (Å²) in [6, 6.07) is 0. The van der Waals surface area contributed by atoms with Gasteiger partial charge in [-0.05, 0) is 0 Å². The van der Waals surface area contributed by atoms with Crippen molar-refractivity contribution in [2.24, 2.45) is 0 Å². The number of halogens is 2. The minimum Gasteiger partial charge on any atom is -1.00 e. The fourth-order valence-electron chi connectivity index (χ4n) is 2.91. The second-order valence-corrected chi connectivity index (χ2v) is 9.24. The normalized spacial score (nSPS) is 27.0. The van der Waals surface area contributed by atoms with Crippen LogP contribution in [-0.4, -0.2) is 12.1 Å². The van der Waals surface area contributed by atoms with Crippen molar-refractivity contribution in [1.82, 2.24) is 5.32 Å². The van der Waals surface area contributed by atoms with Gasteiger partial charge in [-0.15, -0.1) is 0 Å². The van der Waals surface area contributed by atoms with Gasteiger partial charge in [-0.25, -0.2) is 0 Å². The van der Waals surface area contributed by atoms with Crippen LogP contribution in [0.3, 0.4) is 0 Å². The Balaban J connectivity index is 0.00000128. The van der Waals surface area contributed by atoms with Crippen molar-refractivity contribution in [3.8, 4) is 0 Å². The average molecular weight is 311 g/mol. The summed E-state index contributed by atoms with van der Waals surface area (Å²) in [5.74, 6) is 0. The van der Waals surface area contributed by atoms with Gasteiger partial charge in [0.25, 0.3) is 0 Å². The third-order valence-corrected chi connectivity index (χ3v) is 8.17. The number of hydrogen-bond acceptors (Lipinski definition) is 1. The van der Waals surface area contributed by atoms with Gasteiger partial charge >= 0.3 is 99.9 Å². The third kappa shape index (κ3) is 2.85. The second-order valence-electron chi connectivity index (χ2n) is 5.01. The Bertz CT molecular complexity index is 358. The van der Waals surface area contributed by atoms with Crippen LogP contribution in [0.5, 0.6) is 0 Å². The van der Waals surface area contributed by atoms with Crippen LogP contribution in [0.15, 0.2) is 20.6 Å². The molecule has 1 atom stereocenters. The van der Waals surface area contributed by atoms with Crippen molar-refractivity contribution in [2.45, 2.75) is 49.6 Å². The van der Waals surface area contributed by atoms with Gasteiger partial charge in [0.05, 0.1) is 0 Å². The topological polar surface area (TPSA) is 12.0 Å². The molecule has 2 aliphatic rings. The van der Waals surface area contributed by atoms with Crippen molar-refractivity contribution in [3.05, 3.63) is 20.6 Å². The Labute approximate surface area is 124 Å². The maximum Gasteiger partial charge on any atom is -1.00 e. The smallest absolute Gasteiger partial charge is 1.00 e. The van der Waals surface area contributed by atoms with Gasteiger partial charge in [0.1, 0.15) is 0 Å². The van der Waals surface area contributed by atoms with Crippen molar-refractivity contribution in [2.75, 3.05) is 6.54 Å². The first kappa shape index (κ1) is 17.7. The zero-order valence-corrected chi connectivity index (χ0v) is 14.5. The molecular formula is C13H22Cl2NTi. The molecule has 1 fully saturated rings. The molecule has 2 rings (SSSR count). The largest absolute Gasteiger partial charge is 1.00 e. The summed E-state index contributed by atoms with van der Waals surface area (Å²) in [5, 5.41) is 3.73. The molecule has 0 aromatic heterocycles. The van der Waals surface area contributed by atoms with Gasteiger partial charge in [-0.2, -0.15) is 0 Å². The quantitative estimate of drug-likeness (QED) is 0.566. The van der Waals surface area contributed by atoms with Crippen LogP contribution in [0.25, 0.3) is 0 Å². The molecular weight excluding hydrogens is 289 g/mol. The van der Waals surface area contributed by atoms with Crippen molar-refractivity contribution in [1.29, 1.82) is 0 Å². The third-order valence-electron chi connectivity index (χ3n) is 4.13. The molecule has 1 aliphatic carbocycles. The zero-order chi connectivity index (χ0) is 11.2. The molecule has 1 nitrogen and oxygen atoms in total. The first-order valence-corrected chi connectivity index (χ1v) is 9.01. The molecule has 0 bridgehead atoms. The van der Waals surface area contributed by atoms with E-state index in [0.29, 0.717) is 0 Å². The van der Waals surface area contributed by atoms with E-state index in [1.165, 1.54) is 0 Å². The maximum absolute atomic E-state index is 3.73. The van der Waals surface area contributed by atoms with Crippen LogP contribution in [0.4, 0.5) is 0 Å².